The maximum Gasteiger partial charge on any atom is 0.140 e. The Balaban J connectivity index is 2.02. The minimum absolute atomic E-state index is 0.283. The second kappa shape index (κ2) is 4.89. The van der Waals surface area contributed by atoms with Crippen molar-refractivity contribution >= 4 is 17.7 Å². The molecule has 1 aliphatic heterocycles. The number of thioether (sulfide) groups is 1. The summed E-state index contributed by atoms with van der Waals surface area (Å²) in [6.07, 6.45) is 0. The van der Waals surface area contributed by atoms with Crippen molar-refractivity contribution in [3.05, 3.63) is 35.9 Å². The Morgan fingerprint density at radius 1 is 1.50 bits per heavy atom. The second-order valence-electron chi connectivity index (χ2n) is 4.12. The van der Waals surface area contributed by atoms with Gasteiger partial charge in [-0.05, 0) is 5.56 Å². The van der Waals surface area contributed by atoms with Crippen LogP contribution in [0.1, 0.15) is 18.4 Å². The van der Waals surface area contributed by atoms with Crippen molar-refractivity contribution in [2.75, 3.05) is 5.75 Å². The lowest BCUT2D eigenvalue weighted by molar-refractivity contribution is -0.686. The maximum absolute atomic E-state index is 10.8. The van der Waals surface area contributed by atoms with E-state index in [-0.39, 0.29) is 11.4 Å². The fourth-order valence-corrected chi connectivity index (χ4v) is 3.38. The molecule has 0 bridgehead atoms. The summed E-state index contributed by atoms with van der Waals surface area (Å²) in [6.45, 7) is 2.14. The lowest BCUT2D eigenvalue weighted by Gasteiger charge is -2.17. The number of carbonyl (C=O) groups is 1. The zero-order valence-electron chi connectivity index (χ0n) is 9.13. The first-order chi connectivity index (χ1) is 7.68. The highest BCUT2D eigenvalue weighted by molar-refractivity contribution is 7.99. The van der Waals surface area contributed by atoms with Gasteiger partial charge < -0.3 is 15.2 Å². The van der Waals surface area contributed by atoms with Gasteiger partial charge in [0, 0.05) is 5.92 Å². The molecule has 0 unspecified atom stereocenters. The van der Waals surface area contributed by atoms with Gasteiger partial charge in [0.2, 0.25) is 0 Å². The van der Waals surface area contributed by atoms with Crippen LogP contribution in [0.2, 0.25) is 0 Å². The number of aliphatic carboxylic acids is 1. The van der Waals surface area contributed by atoms with Crippen LogP contribution in [0.15, 0.2) is 30.3 Å². The number of hydrogen-bond donors (Lipinski definition) is 1. The number of rotatable bonds is 3. The molecule has 4 heteroatoms. The second-order valence-corrected chi connectivity index (χ2v) is 5.33. The number of hydrogen-bond acceptors (Lipinski definition) is 3. The summed E-state index contributed by atoms with van der Waals surface area (Å²) in [5.74, 6) is 0.0512. The molecular weight excluding hydrogens is 222 g/mol. The van der Waals surface area contributed by atoms with Gasteiger partial charge in [-0.3, -0.25) is 0 Å². The van der Waals surface area contributed by atoms with E-state index in [4.69, 9.17) is 0 Å². The van der Waals surface area contributed by atoms with E-state index in [1.165, 1.54) is 5.56 Å². The Morgan fingerprint density at radius 2 is 2.19 bits per heavy atom. The molecule has 0 saturated carbocycles. The summed E-state index contributed by atoms with van der Waals surface area (Å²) >= 11 is 1.71. The van der Waals surface area contributed by atoms with Gasteiger partial charge in [-0.15, -0.1) is 0 Å². The van der Waals surface area contributed by atoms with E-state index in [0.29, 0.717) is 11.7 Å². The highest BCUT2D eigenvalue weighted by Gasteiger charge is 2.33. The monoisotopic (exact) mass is 237 g/mol. The number of carboxylic acid groups (broad SMARTS) is 1. The normalized spacial score (nSPS) is 26.6. The van der Waals surface area contributed by atoms with Crippen LogP contribution in [0.5, 0.6) is 0 Å². The third-order valence-corrected chi connectivity index (χ3v) is 4.51. The van der Waals surface area contributed by atoms with Crippen molar-refractivity contribution in [2.24, 2.45) is 0 Å². The number of carboxylic acids is 1. The highest BCUT2D eigenvalue weighted by Crippen LogP contribution is 2.26. The van der Waals surface area contributed by atoms with Gasteiger partial charge in [0.05, 0.1) is 5.75 Å². The maximum atomic E-state index is 10.8. The Kier molecular flexibility index (Phi) is 3.51. The fraction of sp³-hybridized carbons (Fsp3) is 0.417. The molecule has 3 atom stereocenters. The summed E-state index contributed by atoms with van der Waals surface area (Å²) in [5, 5.41) is 12.9. The molecule has 0 aromatic heterocycles. The van der Waals surface area contributed by atoms with E-state index in [1.54, 1.807) is 11.8 Å². The largest absolute Gasteiger partial charge is 0.544 e. The zero-order chi connectivity index (χ0) is 11.5. The molecule has 86 valence electrons. The van der Waals surface area contributed by atoms with Gasteiger partial charge in [0.15, 0.2) is 0 Å². The molecule has 1 aromatic carbocycles. The van der Waals surface area contributed by atoms with Crippen molar-refractivity contribution in [2.45, 2.75) is 24.3 Å². The van der Waals surface area contributed by atoms with Gasteiger partial charge >= 0.3 is 0 Å². The highest BCUT2D eigenvalue weighted by atomic mass is 32.2. The molecule has 1 fully saturated rings. The summed E-state index contributed by atoms with van der Waals surface area (Å²) in [6, 6.07) is 9.81. The van der Waals surface area contributed by atoms with Crippen LogP contribution >= 0.6 is 11.8 Å². The molecule has 3 nitrogen and oxygen atoms in total. The van der Waals surface area contributed by atoms with Gasteiger partial charge in [-0.1, -0.05) is 49.0 Å². The van der Waals surface area contributed by atoms with Crippen LogP contribution < -0.4 is 10.4 Å². The topological polar surface area (TPSA) is 56.7 Å². The summed E-state index contributed by atoms with van der Waals surface area (Å²) in [7, 11) is 0. The minimum Gasteiger partial charge on any atom is -0.544 e. The van der Waals surface area contributed by atoms with Crippen LogP contribution in [-0.2, 0) is 4.79 Å². The molecule has 1 aliphatic rings. The average Bonchev–Trinajstić information content (AvgIpc) is 2.78. The van der Waals surface area contributed by atoms with E-state index in [0.717, 1.165) is 0 Å². The fourth-order valence-electron chi connectivity index (χ4n) is 1.96. The van der Waals surface area contributed by atoms with Gasteiger partial charge in [-0.25, -0.2) is 0 Å². The Labute approximate surface area is 99.2 Å². The predicted molar refractivity (Wildman–Crippen MR) is 61.8 cm³/mol. The molecule has 0 radical (unpaired) electrons. The standard InChI is InChI=1S/C12H15NO2S/c1-8(9-5-3-2-4-6-9)11-13-10(7-16-11)12(14)15/h2-6,8,10-11,13H,7H2,1H3,(H,14,15)/t8-,10-,11+/m0/s1. The molecule has 1 aromatic rings. The Bertz CT molecular complexity index is 369. The quantitative estimate of drug-likeness (QED) is 0.774. The van der Waals surface area contributed by atoms with Crippen molar-refractivity contribution in [3.8, 4) is 0 Å². The summed E-state index contributed by atoms with van der Waals surface area (Å²) in [5.41, 5.74) is 1.26. The van der Waals surface area contributed by atoms with Crippen molar-refractivity contribution < 1.29 is 15.2 Å². The molecule has 0 aliphatic carbocycles. The van der Waals surface area contributed by atoms with E-state index >= 15 is 0 Å². The van der Waals surface area contributed by atoms with Gasteiger partial charge in [0.1, 0.15) is 17.4 Å². The third-order valence-electron chi connectivity index (χ3n) is 3.01. The lowest BCUT2D eigenvalue weighted by atomic mass is 10.0. The number of nitrogens with two attached hydrogens (primary N) is 1. The van der Waals surface area contributed by atoms with Gasteiger partial charge in [0.25, 0.3) is 0 Å². The molecule has 1 saturated heterocycles. The molecular formula is C12H15NO2S. The van der Waals surface area contributed by atoms with E-state index in [2.05, 4.69) is 19.1 Å². The first-order valence-corrected chi connectivity index (χ1v) is 6.46. The minimum atomic E-state index is -0.949. The van der Waals surface area contributed by atoms with Crippen LogP contribution in [0.25, 0.3) is 0 Å². The molecule has 2 rings (SSSR count). The van der Waals surface area contributed by atoms with Crippen molar-refractivity contribution in [3.63, 3.8) is 0 Å². The predicted octanol–water partition coefficient (Wildman–Crippen LogP) is -0.455. The van der Waals surface area contributed by atoms with Crippen LogP contribution in [0.3, 0.4) is 0 Å². The van der Waals surface area contributed by atoms with Crippen molar-refractivity contribution in [1.82, 2.24) is 0 Å². The van der Waals surface area contributed by atoms with Crippen LogP contribution in [-0.4, -0.2) is 23.1 Å². The Morgan fingerprint density at radius 3 is 2.75 bits per heavy atom. The number of quaternary nitrogens is 1. The molecule has 1 heterocycles. The third kappa shape index (κ3) is 2.39. The summed E-state index contributed by atoms with van der Waals surface area (Å²) in [4.78, 5) is 10.8. The number of carbonyl (C=O) groups excluding carboxylic acids is 1. The molecule has 16 heavy (non-hydrogen) atoms. The average molecular weight is 237 g/mol. The zero-order valence-corrected chi connectivity index (χ0v) is 9.94. The molecule has 0 amide bonds. The lowest BCUT2D eigenvalue weighted by Crippen LogP contribution is -2.94. The van der Waals surface area contributed by atoms with E-state index in [9.17, 15) is 9.90 Å². The number of benzene rings is 1. The smallest absolute Gasteiger partial charge is 0.140 e. The van der Waals surface area contributed by atoms with Crippen LogP contribution in [0.4, 0.5) is 0 Å². The van der Waals surface area contributed by atoms with E-state index < -0.39 is 5.97 Å². The Hall–Kier alpha value is -1.00. The first-order valence-electron chi connectivity index (χ1n) is 5.41. The van der Waals surface area contributed by atoms with E-state index in [1.807, 2.05) is 23.5 Å². The summed E-state index contributed by atoms with van der Waals surface area (Å²) < 4.78 is 0. The van der Waals surface area contributed by atoms with Crippen molar-refractivity contribution in [1.29, 1.82) is 0 Å². The molecule has 0 spiro atoms. The SMILES string of the molecule is C[C@@H](c1ccccc1)[C@@H]1[NH2+][C@H](C(=O)[O-])CS1. The van der Waals surface area contributed by atoms with Gasteiger partial charge in [-0.2, -0.15) is 0 Å². The first kappa shape index (κ1) is 11.5. The molecule has 2 N–H and O–H groups in total. The van der Waals surface area contributed by atoms with Crippen LogP contribution in [0, 0.1) is 0 Å².